The number of hydrogen-bond acceptors (Lipinski definition) is 18. The third-order valence-corrected chi connectivity index (χ3v) is 15.2. The Kier molecular flexibility index (Phi) is 27.4. The number of phosphoric acid groups is 3. The van der Waals surface area contributed by atoms with E-state index < -0.39 is 84.6 Å². The Hall–Kier alpha value is -2.70. The second-order valence-electron chi connectivity index (χ2n) is 17.7. The van der Waals surface area contributed by atoms with Crippen LogP contribution in [0, 0.1) is 5.41 Å². The standard InChI is InChI=1S/C42H74N7O17P3S/c1-4-5-6-7-8-9-10-11-12-13-14-15-16-17-18-19-20-21-22-33(51)70-26-25-44-32(50)23-24-45-40(54)37(53)42(2,3)28-63-69(60,61)66-68(58,59)62-27-31-36(65-67(55,56)57)35(52)41(64-31)49-30-48-34-38(43)46-29-47-39(34)49/h21-22,29-31,35-37,41,52-53H,4-20,23-28H2,1-3H3,(H,44,50)(H,45,54)(H,58,59)(H,60,61)(H2,43,46,47)(H2,55,56,57)/b22-21+/t31-,35-,36-,37+,41-/m1/s1. The smallest absolute Gasteiger partial charge is 0.386 e. The summed E-state index contributed by atoms with van der Waals surface area (Å²) in [7, 11) is -16.4. The number of fused-ring (bicyclic) bond motifs is 1. The molecule has 24 nitrogen and oxygen atoms in total. The van der Waals surface area contributed by atoms with Crippen molar-refractivity contribution in [2.75, 3.05) is 37.8 Å². The van der Waals surface area contributed by atoms with Crippen LogP contribution in [0.4, 0.5) is 5.82 Å². The van der Waals surface area contributed by atoms with Gasteiger partial charge in [-0.1, -0.05) is 135 Å². The monoisotopic (exact) mass is 1070 g/mol. The molecule has 0 radical (unpaired) electrons. The summed E-state index contributed by atoms with van der Waals surface area (Å²) in [6.07, 6.45) is 18.2. The van der Waals surface area contributed by atoms with Crippen LogP contribution in [0.15, 0.2) is 24.8 Å². The predicted octanol–water partition coefficient (Wildman–Crippen LogP) is 5.87. The van der Waals surface area contributed by atoms with Gasteiger partial charge in [0.2, 0.25) is 16.9 Å². The first-order valence-corrected chi connectivity index (χ1v) is 29.3. The minimum absolute atomic E-state index is 0.0328. The maximum atomic E-state index is 12.8. The van der Waals surface area contributed by atoms with Crippen molar-refractivity contribution in [3.8, 4) is 0 Å². The molecule has 0 spiro atoms. The molecule has 0 saturated carbocycles. The summed E-state index contributed by atoms with van der Waals surface area (Å²) in [6, 6.07) is 0. The normalized spacial score (nSPS) is 19.8. The number of ether oxygens (including phenoxy) is 1. The molecular formula is C42H74N7O17P3S. The van der Waals surface area contributed by atoms with Crippen molar-refractivity contribution in [3.05, 3.63) is 24.8 Å². The highest BCUT2D eigenvalue weighted by molar-refractivity contribution is 8.14. The number of imidazole rings is 1. The highest BCUT2D eigenvalue weighted by Gasteiger charge is 2.50. The van der Waals surface area contributed by atoms with Gasteiger partial charge in [-0.05, 0) is 18.9 Å². The number of aliphatic hydroxyl groups is 2. The first-order chi connectivity index (χ1) is 33.1. The van der Waals surface area contributed by atoms with Gasteiger partial charge in [0.05, 0.1) is 19.5 Å². The number of hydrogen-bond donors (Lipinski definition) is 9. The van der Waals surface area contributed by atoms with Crippen LogP contribution >= 0.6 is 35.2 Å². The molecule has 0 bridgehead atoms. The minimum atomic E-state index is -5.58. The van der Waals surface area contributed by atoms with E-state index in [1.807, 2.05) is 6.08 Å². The molecule has 7 atom stereocenters. The topological polar surface area (TPSA) is 364 Å². The van der Waals surface area contributed by atoms with Crippen LogP contribution in [0.25, 0.3) is 11.2 Å². The van der Waals surface area contributed by atoms with E-state index in [-0.39, 0.29) is 41.6 Å². The number of aromatic nitrogens is 4. The quantitative estimate of drug-likeness (QED) is 0.0217. The molecule has 2 amide bonds. The molecule has 1 aliphatic rings. The summed E-state index contributed by atoms with van der Waals surface area (Å²) < 4.78 is 62.5. The Morgan fingerprint density at radius 2 is 1.46 bits per heavy atom. The zero-order valence-corrected chi connectivity index (χ0v) is 43.7. The lowest BCUT2D eigenvalue weighted by Gasteiger charge is -2.30. The van der Waals surface area contributed by atoms with Gasteiger partial charge < -0.3 is 50.9 Å². The van der Waals surface area contributed by atoms with E-state index in [4.69, 9.17) is 19.5 Å². The van der Waals surface area contributed by atoms with Gasteiger partial charge in [0.25, 0.3) is 0 Å². The number of nitrogens with two attached hydrogens (primary N) is 1. The number of aliphatic hydroxyl groups excluding tert-OH is 2. The van der Waals surface area contributed by atoms with Gasteiger partial charge in [-0.2, -0.15) is 4.31 Å². The SMILES string of the molecule is CCCCCCCCCCCCCCCCCC/C=C/C(=O)SCCNC(=O)CCNC(=O)[C@H](O)C(C)(C)COP(=O)(O)OP(=O)(O)OC[C@H]1O[C@@H](n2cnc3c(N)ncnc32)[C@H](O)[C@@H]1OP(=O)(O)O. The molecule has 0 aliphatic carbocycles. The van der Waals surface area contributed by atoms with Gasteiger partial charge in [0.15, 0.2) is 17.7 Å². The van der Waals surface area contributed by atoms with E-state index >= 15 is 0 Å². The largest absolute Gasteiger partial charge is 0.481 e. The third-order valence-electron chi connectivity index (χ3n) is 11.2. The van der Waals surface area contributed by atoms with Crippen molar-refractivity contribution in [3.63, 3.8) is 0 Å². The Morgan fingerprint density at radius 3 is 2.06 bits per heavy atom. The average molecular weight is 1070 g/mol. The lowest BCUT2D eigenvalue weighted by atomic mass is 9.87. The number of carbonyl (C=O) groups excluding carboxylic acids is 3. The number of anilines is 1. The summed E-state index contributed by atoms with van der Waals surface area (Å²) in [5.41, 5.74) is 4.28. The number of phosphoric ester groups is 3. The second kappa shape index (κ2) is 31.1. The predicted molar refractivity (Wildman–Crippen MR) is 260 cm³/mol. The highest BCUT2D eigenvalue weighted by Crippen LogP contribution is 2.61. The van der Waals surface area contributed by atoms with E-state index in [2.05, 4.69) is 41.3 Å². The van der Waals surface area contributed by atoms with Crippen molar-refractivity contribution < 1.29 is 80.5 Å². The summed E-state index contributed by atoms with van der Waals surface area (Å²) in [4.78, 5) is 88.4. The van der Waals surface area contributed by atoms with Crippen LogP contribution in [0.3, 0.4) is 0 Å². The van der Waals surface area contributed by atoms with Crippen LogP contribution in [0.1, 0.15) is 143 Å². The molecule has 3 heterocycles. The van der Waals surface area contributed by atoms with Crippen LogP contribution in [-0.2, 0) is 50.7 Å². The Bertz CT molecular complexity index is 2100. The van der Waals surface area contributed by atoms with Gasteiger partial charge in [0.1, 0.15) is 36.3 Å². The number of amides is 2. The number of allylic oxidation sites excluding steroid dienone is 1. The van der Waals surface area contributed by atoms with Crippen molar-refractivity contribution in [2.45, 2.75) is 167 Å². The van der Waals surface area contributed by atoms with Crippen molar-refractivity contribution >= 4 is 69.1 Å². The van der Waals surface area contributed by atoms with Crippen molar-refractivity contribution in [2.24, 2.45) is 5.41 Å². The van der Waals surface area contributed by atoms with E-state index in [9.17, 15) is 57.9 Å². The average Bonchev–Trinajstić information content (AvgIpc) is 3.85. The number of thioether (sulfide) groups is 1. The molecule has 1 aliphatic heterocycles. The Labute approximate surface area is 413 Å². The van der Waals surface area contributed by atoms with E-state index in [0.717, 1.165) is 48.2 Å². The van der Waals surface area contributed by atoms with Crippen LogP contribution in [0.5, 0.6) is 0 Å². The van der Waals surface area contributed by atoms with Gasteiger partial charge in [-0.3, -0.25) is 32.5 Å². The number of rotatable bonds is 37. The lowest BCUT2D eigenvalue weighted by molar-refractivity contribution is -0.137. The maximum absolute atomic E-state index is 12.8. The zero-order chi connectivity index (χ0) is 51.8. The number of unbranched alkanes of at least 4 members (excludes halogenated alkanes) is 16. The Balaban J connectivity index is 1.27. The molecule has 2 aromatic heterocycles. The summed E-state index contributed by atoms with van der Waals surface area (Å²) >= 11 is 1.07. The number of nitrogens with zero attached hydrogens (tertiary/aromatic N) is 4. The molecule has 400 valence electrons. The summed E-state index contributed by atoms with van der Waals surface area (Å²) in [5, 5.41) is 26.5. The molecule has 0 aromatic carbocycles. The Morgan fingerprint density at radius 1 is 0.871 bits per heavy atom. The summed E-state index contributed by atoms with van der Waals surface area (Å²) in [6.45, 7) is 2.78. The lowest BCUT2D eigenvalue weighted by Crippen LogP contribution is -2.46. The molecule has 1 fully saturated rings. The van der Waals surface area contributed by atoms with E-state index in [0.29, 0.717) is 5.75 Å². The van der Waals surface area contributed by atoms with Crippen molar-refractivity contribution in [1.29, 1.82) is 0 Å². The zero-order valence-electron chi connectivity index (χ0n) is 40.2. The number of carbonyl (C=O) groups is 3. The molecule has 2 aromatic rings. The van der Waals surface area contributed by atoms with Crippen LogP contribution in [0.2, 0.25) is 0 Å². The molecule has 1 saturated heterocycles. The fourth-order valence-corrected chi connectivity index (χ4v) is 10.7. The first kappa shape index (κ1) is 61.6. The van der Waals surface area contributed by atoms with E-state index in [1.165, 1.54) is 104 Å². The minimum Gasteiger partial charge on any atom is -0.386 e. The molecular weight excluding hydrogens is 999 g/mol. The fraction of sp³-hybridized carbons (Fsp3) is 0.762. The number of nitrogen functional groups attached to an aromatic ring is 1. The first-order valence-electron chi connectivity index (χ1n) is 23.8. The number of nitrogens with one attached hydrogen (secondary N) is 2. The van der Waals surface area contributed by atoms with Gasteiger partial charge >= 0.3 is 23.5 Å². The van der Waals surface area contributed by atoms with Gasteiger partial charge in [-0.15, -0.1) is 0 Å². The maximum Gasteiger partial charge on any atom is 0.481 e. The fourth-order valence-electron chi connectivity index (χ4n) is 7.32. The third kappa shape index (κ3) is 23.4. The molecule has 70 heavy (non-hydrogen) atoms. The molecule has 3 rings (SSSR count). The van der Waals surface area contributed by atoms with Gasteiger partial charge in [0, 0.05) is 30.7 Å². The second-order valence-corrected chi connectivity index (χ2v) is 23.1. The van der Waals surface area contributed by atoms with Crippen LogP contribution in [-0.4, -0.2) is 123 Å². The molecule has 2 unspecified atom stereocenters. The van der Waals surface area contributed by atoms with E-state index in [1.54, 1.807) is 6.08 Å². The van der Waals surface area contributed by atoms with Crippen molar-refractivity contribution in [1.82, 2.24) is 30.2 Å². The van der Waals surface area contributed by atoms with Crippen LogP contribution < -0.4 is 16.4 Å². The van der Waals surface area contributed by atoms with Gasteiger partial charge in [-0.25, -0.2) is 28.6 Å². The molecule has 28 heteroatoms. The summed E-state index contributed by atoms with van der Waals surface area (Å²) in [5.74, 6) is -1.09. The highest BCUT2D eigenvalue weighted by atomic mass is 32.2. The molecule has 10 N–H and O–H groups in total.